The van der Waals surface area contributed by atoms with Crippen LogP contribution in [0.2, 0.25) is 0 Å². The minimum absolute atomic E-state index is 0.214. The lowest BCUT2D eigenvalue weighted by atomic mass is 9.88. The normalized spacial score (nSPS) is 17.4. The number of hydrogen-bond acceptors (Lipinski definition) is 6. The lowest BCUT2D eigenvalue weighted by Gasteiger charge is -2.23. The second-order valence-corrected chi connectivity index (χ2v) is 8.60. The number of aromatic nitrogens is 1. The van der Waals surface area contributed by atoms with Crippen molar-refractivity contribution in [1.29, 1.82) is 5.26 Å². The van der Waals surface area contributed by atoms with Crippen LogP contribution in [0.25, 0.3) is 6.08 Å². The number of nitrogens with one attached hydrogen (secondary N) is 1. The number of pyridine rings is 1. The first-order chi connectivity index (χ1) is 15.1. The molecule has 0 saturated heterocycles. The fraction of sp³-hybridized carbons (Fsp3) is 0.304. The molecule has 3 heterocycles. The number of anilines is 1. The number of hydrogen-bond donors (Lipinski definition) is 1. The van der Waals surface area contributed by atoms with Crippen molar-refractivity contribution in [2.45, 2.75) is 19.3 Å². The standard InChI is InChI=1S/C23H22N4O3S/c24-13-19-18-7-5-17(15-30-23(29)27-10-1-2-11-27)12-20(18)31-22(19)26-21(28)8-6-16-4-3-9-25-14-16/h1-4,6,8-9,14,17H,5,7,10-12,15H2,(H,26,28). The Kier molecular flexibility index (Phi) is 6.43. The first-order valence-corrected chi connectivity index (χ1v) is 11.0. The van der Waals surface area contributed by atoms with Gasteiger partial charge in [-0.1, -0.05) is 18.2 Å². The zero-order chi connectivity index (χ0) is 21.6. The summed E-state index contributed by atoms with van der Waals surface area (Å²) in [6.45, 7) is 1.56. The molecule has 1 aliphatic heterocycles. The predicted molar refractivity (Wildman–Crippen MR) is 119 cm³/mol. The number of thiophene rings is 1. The Balaban J connectivity index is 1.37. The van der Waals surface area contributed by atoms with E-state index >= 15 is 0 Å². The zero-order valence-corrected chi connectivity index (χ0v) is 17.7. The van der Waals surface area contributed by atoms with E-state index in [-0.39, 0.29) is 17.9 Å². The van der Waals surface area contributed by atoms with Crippen LogP contribution in [0.4, 0.5) is 9.80 Å². The highest BCUT2D eigenvalue weighted by Crippen LogP contribution is 2.39. The van der Waals surface area contributed by atoms with E-state index in [4.69, 9.17) is 4.74 Å². The minimum atomic E-state index is -0.288. The van der Waals surface area contributed by atoms with Gasteiger partial charge in [0.15, 0.2) is 0 Å². The van der Waals surface area contributed by atoms with Crippen molar-refractivity contribution in [2.24, 2.45) is 5.92 Å². The molecular weight excluding hydrogens is 412 g/mol. The smallest absolute Gasteiger partial charge is 0.410 e. The summed E-state index contributed by atoms with van der Waals surface area (Å²) in [6, 6.07) is 5.90. The molecule has 2 amide bonds. The second-order valence-electron chi connectivity index (χ2n) is 7.49. The Morgan fingerprint density at radius 3 is 2.97 bits per heavy atom. The second kappa shape index (κ2) is 9.58. The molecule has 8 heteroatoms. The van der Waals surface area contributed by atoms with Gasteiger partial charge in [-0.3, -0.25) is 9.78 Å². The van der Waals surface area contributed by atoms with Crippen LogP contribution < -0.4 is 5.32 Å². The molecular formula is C23H22N4O3S. The van der Waals surface area contributed by atoms with Gasteiger partial charge < -0.3 is 15.0 Å². The quantitative estimate of drug-likeness (QED) is 0.571. The van der Waals surface area contributed by atoms with Crippen LogP contribution in [0, 0.1) is 17.2 Å². The Labute approximate surface area is 184 Å². The largest absolute Gasteiger partial charge is 0.449 e. The summed E-state index contributed by atoms with van der Waals surface area (Å²) in [7, 11) is 0. The van der Waals surface area contributed by atoms with Crippen LogP contribution in [-0.2, 0) is 22.4 Å². The molecule has 0 spiro atoms. The summed E-state index contributed by atoms with van der Waals surface area (Å²) < 4.78 is 5.49. The van der Waals surface area contributed by atoms with Crippen molar-refractivity contribution in [3.8, 4) is 6.07 Å². The van der Waals surface area contributed by atoms with E-state index in [1.807, 2.05) is 18.2 Å². The third-order valence-corrected chi connectivity index (χ3v) is 6.52. The number of carbonyl (C=O) groups excluding carboxylic acids is 2. The molecule has 0 radical (unpaired) electrons. The molecule has 158 valence electrons. The number of nitrogens with zero attached hydrogens (tertiary/aromatic N) is 3. The van der Waals surface area contributed by atoms with Crippen molar-refractivity contribution in [2.75, 3.05) is 25.0 Å². The van der Waals surface area contributed by atoms with Crippen LogP contribution in [0.15, 0.2) is 42.8 Å². The monoisotopic (exact) mass is 434 g/mol. The van der Waals surface area contributed by atoms with Crippen LogP contribution in [0.1, 0.15) is 28.0 Å². The SMILES string of the molecule is N#Cc1c(NC(=O)C=Cc2cccnc2)sc2c1CCC(COC(=O)N1CC=CC1)C2. The van der Waals surface area contributed by atoms with E-state index in [1.165, 1.54) is 17.4 Å². The lowest BCUT2D eigenvalue weighted by Crippen LogP contribution is -2.31. The maximum Gasteiger partial charge on any atom is 0.410 e. The summed E-state index contributed by atoms with van der Waals surface area (Å²) >= 11 is 1.44. The van der Waals surface area contributed by atoms with Crippen LogP contribution >= 0.6 is 11.3 Å². The Morgan fingerprint density at radius 1 is 1.39 bits per heavy atom. The topological polar surface area (TPSA) is 95.3 Å². The number of ether oxygens (including phenoxy) is 1. The lowest BCUT2D eigenvalue weighted by molar-refractivity contribution is -0.111. The Hall–Kier alpha value is -3.44. The Bertz CT molecular complexity index is 1060. The molecule has 7 nitrogen and oxygen atoms in total. The molecule has 1 atom stereocenters. The van der Waals surface area contributed by atoms with Crippen molar-refractivity contribution in [3.63, 3.8) is 0 Å². The van der Waals surface area contributed by atoms with Crippen molar-refractivity contribution in [3.05, 3.63) is 64.3 Å². The Morgan fingerprint density at radius 2 is 2.23 bits per heavy atom. The van der Waals surface area contributed by atoms with E-state index in [0.717, 1.165) is 35.3 Å². The molecule has 0 fully saturated rings. The number of nitriles is 1. The fourth-order valence-corrected chi connectivity index (χ4v) is 5.03. The zero-order valence-electron chi connectivity index (χ0n) is 16.9. The van der Waals surface area contributed by atoms with Crippen molar-refractivity contribution >= 4 is 34.4 Å². The summed E-state index contributed by atoms with van der Waals surface area (Å²) in [5, 5.41) is 13.1. The fourth-order valence-electron chi connectivity index (χ4n) is 3.71. The molecule has 0 bridgehead atoms. The summed E-state index contributed by atoms with van der Waals surface area (Å²) in [6.07, 6.45) is 12.4. The summed E-state index contributed by atoms with van der Waals surface area (Å²) in [4.78, 5) is 31.2. The van der Waals surface area contributed by atoms with Crippen molar-refractivity contribution in [1.82, 2.24) is 9.88 Å². The van der Waals surface area contributed by atoms with Gasteiger partial charge in [0.1, 0.15) is 11.1 Å². The third-order valence-electron chi connectivity index (χ3n) is 5.35. The molecule has 31 heavy (non-hydrogen) atoms. The number of fused-ring (bicyclic) bond motifs is 1. The van der Waals surface area contributed by atoms with Gasteiger partial charge in [-0.25, -0.2) is 4.79 Å². The summed E-state index contributed by atoms with van der Waals surface area (Å²) in [5.74, 6) is -0.0742. The van der Waals surface area contributed by atoms with E-state index in [1.54, 1.807) is 29.4 Å². The molecule has 1 unspecified atom stereocenters. The molecule has 2 aromatic rings. The maximum atomic E-state index is 12.3. The third kappa shape index (κ3) is 5.01. The molecule has 4 rings (SSSR count). The van der Waals surface area contributed by atoms with Crippen LogP contribution in [-0.4, -0.2) is 41.6 Å². The van der Waals surface area contributed by atoms with Gasteiger partial charge in [0.2, 0.25) is 5.91 Å². The van der Waals surface area contributed by atoms with E-state index in [9.17, 15) is 14.9 Å². The van der Waals surface area contributed by atoms with Gasteiger partial charge in [0.25, 0.3) is 0 Å². The van der Waals surface area contributed by atoms with E-state index in [0.29, 0.717) is 30.3 Å². The van der Waals surface area contributed by atoms with Gasteiger partial charge in [-0.05, 0) is 48.4 Å². The van der Waals surface area contributed by atoms with Crippen LogP contribution in [0.5, 0.6) is 0 Å². The average molecular weight is 435 g/mol. The minimum Gasteiger partial charge on any atom is -0.449 e. The van der Waals surface area contributed by atoms with Gasteiger partial charge in [-0.15, -0.1) is 11.3 Å². The number of amides is 2. The van der Waals surface area contributed by atoms with Gasteiger partial charge in [0.05, 0.1) is 12.2 Å². The molecule has 2 aromatic heterocycles. The van der Waals surface area contributed by atoms with Crippen molar-refractivity contribution < 1.29 is 14.3 Å². The molecule has 0 saturated carbocycles. The highest BCUT2D eigenvalue weighted by molar-refractivity contribution is 7.16. The molecule has 1 N–H and O–H groups in total. The predicted octanol–water partition coefficient (Wildman–Crippen LogP) is 3.78. The van der Waals surface area contributed by atoms with Gasteiger partial charge >= 0.3 is 6.09 Å². The van der Waals surface area contributed by atoms with Crippen LogP contribution in [0.3, 0.4) is 0 Å². The first kappa shape index (κ1) is 20.8. The van der Waals surface area contributed by atoms with E-state index < -0.39 is 0 Å². The molecule has 1 aliphatic carbocycles. The molecule has 2 aliphatic rings. The van der Waals surface area contributed by atoms with Gasteiger partial charge in [0, 0.05) is 36.4 Å². The summed E-state index contributed by atoms with van der Waals surface area (Å²) in [5.41, 5.74) is 2.37. The maximum absolute atomic E-state index is 12.3. The average Bonchev–Trinajstić information content (AvgIpc) is 3.44. The number of carbonyl (C=O) groups is 2. The number of rotatable bonds is 5. The highest BCUT2D eigenvalue weighted by Gasteiger charge is 2.27. The first-order valence-electron chi connectivity index (χ1n) is 10.1. The van der Waals surface area contributed by atoms with E-state index in [2.05, 4.69) is 16.4 Å². The van der Waals surface area contributed by atoms with Gasteiger partial charge in [-0.2, -0.15) is 5.26 Å². The molecule has 0 aromatic carbocycles. The highest BCUT2D eigenvalue weighted by atomic mass is 32.1.